The molecule has 1 aliphatic carbocycles. The molecule has 1 N–H and O–H groups in total. The molecule has 2 aliphatic rings. The van der Waals surface area contributed by atoms with Crippen LogP contribution in [0.1, 0.15) is 52.3 Å². The Morgan fingerprint density at radius 1 is 1.08 bits per heavy atom. The Hall–Kier alpha value is -1.82. The summed E-state index contributed by atoms with van der Waals surface area (Å²) in [6.45, 7) is 0. The highest BCUT2D eigenvalue weighted by molar-refractivity contribution is 7.16. The first-order chi connectivity index (χ1) is 11.4. The molecule has 1 aliphatic heterocycles. The van der Waals surface area contributed by atoms with Gasteiger partial charge in [0.2, 0.25) is 5.91 Å². The monoisotopic (exact) mass is 351 g/mol. The predicted octanol–water partition coefficient (Wildman–Crippen LogP) is 5.12. The molecule has 1 atom stereocenters. The first kappa shape index (κ1) is 15.7. The molecule has 24 heavy (non-hydrogen) atoms. The van der Waals surface area contributed by atoms with Gasteiger partial charge in [-0.25, -0.2) is 0 Å². The van der Waals surface area contributed by atoms with Crippen molar-refractivity contribution in [3.05, 3.63) is 51.4 Å². The zero-order valence-electron chi connectivity index (χ0n) is 12.9. The lowest BCUT2D eigenvalue weighted by Crippen LogP contribution is -2.23. The zero-order chi connectivity index (χ0) is 16.9. The van der Waals surface area contributed by atoms with Crippen LogP contribution >= 0.6 is 11.3 Å². The Labute approximate surface area is 141 Å². The van der Waals surface area contributed by atoms with Crippen LogP contribution in [0.4, 0.5) is 18.2 Å². The van der Waals surface area contributed by atoms with Crippen LogP contribution in [-0.2, 0) is 23.8 Å². The third-order valence-corrected chi connectivity index (χ3v) is 6.07. The summed E-state index contributed by atoms with van der Waals surface area (Å²) in [7, 11) is 0. The van der Waals surface area contributed by atoms with Crippen LogP contribution in [0.2, 0.25) is 0 Å². The van der Waals surface area contributed by atoms with Gasteiger partial charge >= 0.3 is 6.18 Å². The van der Waals surface area contributed by atoms with Crippen molar-refractivity contribution in [2.45, 2.75) is 44.2 Å². The van der Waals surface area contributed by atoms with Crippen molar-refractivity contribution in [1.82, 2.24) is 0 Å². The molecular formula is C18H16F3NOS. The number of nitrogens with one attached hydrogen (secondary N) is 1. The number of amides is 1. The molecule has 0 unspecified atom stereocenters. The molecule has 1 aromatic carbocycles. The fourth-order valence-corrected chi connectivity index (χ4v) is 5.07. The molecule has 2 nitrogen and oxygen atoms in total. The van der Waals surface area contributed by atoms with Gasteiger partial charge in [-0.2, -0.15) is 13.2 Å². The summed E-state index contributed by atoms with van der Waals surface area (Å²) in [5, 5.41) is 3.84. The van der Waals surface area contributed by atoms with Gasteiger partial charge in [0.1, 0.15) is 0 Å². The summed E-state index contributed by atoms with van der Waals surface area (Å²) in [6.07, 6.45) is 0.266. The molecule has 0 saturated heterocycles. The molecule has 0 spiro atoms. The highest BCUT2D eigenvalue weighted by atomic mass is 32.1. The Kier molecular flexibility index (Phi) is 3.67. The third-order valence-electron chi connectivity index (χ3n) is 4.84. The topological polar surface area (TPSA) is 29.1 Å². The van der Waals surface area contributed by atoms with E-state index in [1.54, 1.807) is 11.3 Å². The second-order valence-electron chi connectivity index (χ2n) is 6.38. The smallest absolute Gasteiger partial charge is 0.317 e. The first-order valence-electron chi connectivity index (χ1n) is 8.05. The lowest BCUT2D eigenvalue weighted by atomic mass is 9.82. The molecule has 0 bridgehead atoms. The largest absolute Gasteiger partial charge is 0.416 e. The van der Waals surface area contributed by atoms with Gasteiger partial charge in [-0.15, -0.1) is 11.3 Å². The van der Waals surface area contributed by atoms with Crippen LogP contribution in [0.3, 0.4) is 0 Å². The van der Waals surface area contributed by atoms with E-state index >= 15 is 0 Å². The van der Waals surface area contributed by atoms with Gasteiger partial charge in [0.25, 0.3) is 0 Å². The second kappa shape index (κ2) is 5.62. The molecule has 1 amide bonds. The van der Waals surface area contributed by atoms with Crippen molar-refractivity contribution < 1.29 is 18.0 Å². The quantitative estimate of drug-likeness (QED) is 0.759. The van der Waals surface area contributed by atoms with Crippen molar-refractivity contribution in [3.8, 4) is 0 Å². The number of anilines is 1. The van der Waals surface area contributed by atoms with Crippen molar-refractivity contribution in [2.24, 2.45) is 0 Å². The van der Waals surface area contributed by atoms with E-state index in [4.69, 9.17) is 0 Å². The van der Waals surface area contributed by atoms with E-state index < -0.39 is 11.7 Å². The van der Waals surface area contributed by atoms with E-state index in [0.717, 1.165) is 53.9 Å². The molecule has 6 heteroatoms. The highest BCUT2D eigenvalue weighted by Crippen LogP contribution is 2.47. The Morgan fingerprint density at radius 2 is 1.79 bits per heavy atom. The standard InChI is InChI=1S/C18H16F3NOS/c19-18(20,21)11-7-5-10(6-8-11)13-9-15(23)22-17-16(13)12-3-1-2-4-14(12)24-17/h5-8,13H,1-4,9H2,(H,22,23)/t13-/m1/s1. The SMILES string of the molecule is O=C1C[C@H](c2ccc(C(F)(F)F)cc2)c2c(sc3c2CCCC3)N1. The van der Waals surface area contributed by atoms with Crippen LogP contribution in [0.5, 0.6) is 0 Å². The van der Waals surface area contributed by atoms with Gasteiger partial charge < -0.3 is 5.32 Å². The average molecular weight is 351 g/mol. The molecule has 0 fully saturated rings. The number of halogens is 3. The van der Waals surface area contributed by atoms with Crippen molar-refractivity contribution >= 4 is 22.2 Å². The van der Waals surface area contributed by atoms with Crippen LogP contribution in [0, 0.1) is 0 Å². The van der Waals surface area contributed by atoms with Gasteiger partial charge in [-0.05, 0) is 54.5 Å². The normalized spacial score (nSPS) is 20.3. The minimum Gasteiger partial charge on any atom is -0.317 e. The van der Waals surface area contributed by atoms with E-state index in [0.29, 0.717) is 6.42 Å². The fraction of sp³-hybridized carbons (Fsp3) is 0.389. The van der Waals surface area contributed by atoms with Crippen molar-refractivity contribution in [2.75, 3.05) is 5.32 Å². The van der Waals surface area contributed by atoms with E-state index in [-0.39, 0.29) is 11.8 Å². The van der Waals surface area contributed by atoms with Crippen LogP contribution in [-0.4, -0.2) is 5.91 Å². The van der Waals surface area contributed by atoms with Gasteiger partial charge in [-0.3, -0.25) is 4.79 Å². The molecule has 0 radical (unpaired) electrons. The molecule has 1 aromatic heterocycles. The van der Waals surface area contributed by atoms with E-state index in [2.05, 4.69) is 5.32 Å². The fourth-order valence-electron chi connectivity index (χ4n) is 3.71. The van der Waals surface area contributed by atoms with Crippen molar-refractivity contribution in [1.29, 1.82) is 0 Å². The van der Waals surface area contributed by atoms with Gasteiger partial charge in [-0.1, -0.05) is 12.1 Å². The maximum Gasteiger partial charge on any atom is 0.416 e. The summed E-state index contributed by atoms with van der Waals surface area (Å²) in [6, 6.07) is 5.26. The first-order valence-corrected chi connectivity index (χ1v) is 8.86. The molecule has 4 rings (SSSR count). The lowest BCUT2D eigenvalue weighted by molar-refractivity contribution is -0.137. The van der Waals surface area contributed by atoms with Gasteiger partial charge in [0.05, 0.1) is 10.6 Å². The number of carbonyl (C=O) groups is 1. The highest BCUT2D eigenvalue weighted by Gasteiger charge is 2.34. The summed E-state index contributed by atoms with van der Waals surface area (Å²) < 4.78 is 38.3. The second-order valence-corrected chi connectivity index (χ2v) is 7.48. The van der Waals surface area contributed by atoms with E-state index in [1.807, 2.05) is 0 Å². The number of thiophene rings is 1. The maximum absolute atomic E-state index is 12.8. The number of carbonyl (C=O) groups excluding carboxylic acids is 1. The number of rotatable bonds is 1. The Morgan fingerprint density at radius 3 is 2.50 bits per heavy atom. The number of hydrogen-bond acceptors (Lipinski definition) is 2. The van der Waals surface area contributed by atoms with Crippen LogP contribution in [0.15, 0.2) is 24.3 Å². The number of alkyl halides is 3. The van der Waals surface area contributed by atoms with Crippen molar-refractivity contribution in [3.63, 3.8) is 0 Å². The van der Waals surface area contributed by atoms with Crippen LogP contribution in [0.25, 0.3) is 0 Å². The van der Waals surface area contributed by atoms with Gasteiger partial charge in [0, 0.05) is 17.2 Å². The Balaban J connectivity index is 1.77. The third kappa shape index (κ3) is 2.62. The molecular weight excluding hydrogens is 335 g/mol. The van der Waals surface area contributed by atoms with E-state index in [9.17, 15) is 18.0 Å². The number of aryl methyl sites for hydroxylation is 1. The summed E-state index contributed by atoms with van der Waals surface area (Å²) in [5.74, 6) is -0.208. The molecule has 2 heterocycles. The average Bonchev–Trinajstić information content (AvgIpc) is 2.91. The summed E-state index contributed by atoms with van der Waals surface area (Å²) in [4.78, 5) is 13.4. The predicted molar refractivity (Wildman–Crippen MR) is 87.5 cm³/mol. The summed E-state index contributed by atoms with van der Waals surface area (Å²) in [5.41, 5.74) is 2.57. The van der Waals surface area contributed by atoms with Crippen LogP contribution < -0.4 is 5.32 Å². The molecule has 126 valence electrons. The number of benzene rings is 1. The lowest BCUT2D eigenvalue weighted by Gasteiger charge is -2.25. The maximum atomic E-state index is 12.8. The Bertz CT molecular complexity index is 792. The minimum absolute atomic E-state index is 0.0639. The number of fused-ring (bicyclic) bond motifs is 3. The molecule has 2 aromatic rings. The number of hydrogen-bond donors (Lipinski definition) is 1. The van der Waals surface area contributed by atoms with Gasteiger partial charge in [0.15, 0.2) is 0 Å². The minimum atomic E-state index is -4.34. The van der Waals surface area contributed by atoms with E-state index in [1.165, 1.54) is 22.6 Å². The summed E-state index contributed by atoms with van der Waals surface area (Å²) >= 11 is 1.64. The zero-order valence-corrected chi connectivity index (χ0v) is 13.7. The molecule has 0 saturated carbocycles.